The lowest BCUT2D eigenvalue weighted by atomic mass is 9.97. The predicted molar refractivity (Wildman–Crippen MR) is 86.5 cm³/mol. The van der Waals surface area contributed by atoms with Gasteiger partial charge in [0.05, 0.1) is 11.4 Å². The van der Waals surface area contributed by atoms with Crippen molar-refractivity contribution in [1.82, 2.24) is 20.1 Å². The lowest BCUT2D eigenvalue weighted by molar-refractivity contribution is 0.190. The number of anilines is 1. The normalized spacial score (nSPS) is 17.1. The van der Waals surface area contributed by atoms with Crippen LogP contribution in [0.3, 0.4) is 0 Å². The molecule has 1 aliphatic rings. The second-order valence-electron chi connectivity index (χ2n) is 5.90. The Morgan fingerprint density at radius 1 is 1.05 bits per heavy atom. The van der Waals surface area contributed by atoms with E-state index in [1.54, 1.807) is 0 Å². The Morgan fingerprint density at radius 3 is 2.38 bits per heavy atom. The fraction of sp³-hybridized carbons (Fsp3) is 0.812. The van der Waals surface area contributed by atoms with Crippen molar-refractivity contribution >= 4 is 5.95 Å². The molecule has 0 aliphatic carbocycles. The van der Waals surface area contributed by atoms with Gasteiger partial charge in [-0.3, -0.25) is 0 Å². The molecule has 21 heavy (non-hydrogen) atoms. The minimum Gasteiger partial charge on any atom is -0.353 e. The van der Waals surface area contributed by atoms with Gasteiger partial charge in [0, 0.05) is 6.54 Å². The molecule has 2 heterocycles. The number of nitrogens with one attached hydrogen (secondary N) is 1. The van der Waals surface area contributed by atoms with Gasteiger partial charge in [-0.15, -0.1) is 5.10 Å². The molecule has 1 fully saturated rings. The summed E-state index contributed by atoms with van der Waals surface area (Å²) in [5.74, 6) is 1.43. The topological polar surface area (TPSA) is 53.9 Å². The van der Waals surface area contributed by atoms with Crippen molar-refractivity contribution in [3.63, 3.8) is 0 Å². The van der Waals surface area contributed by atoms with Gasteiger partial charge < -0.3 is 10.2 Å². The van der Waals surface area contributed by atoms with E-state index in [-0.39, 0.29) is 0 Å². The lowest BCUT2D eigenvalue weighted by Crippen LogP contribution is -2.36. The van der Waals surface area contributed by atoms with E-state index >= 15 is 0 Å². The molecule has 1 N–H and O–H groups in total. The molecule has 0 unspecified atom stereocenters. The highest BCUT2D eigenvalue weighted by Crippen LogP contribution is 2.17. The van der Waals surface area contributed by atoms with Gasteiger partial charge in [-0.1, -0.05) is 20.8 Å². The first kappa shape index (κ1) is 16.1. The average molecular weight is 291 g/mol. The van der Waals surface area contributed by atoms with Crippen molar-refractivity contribution < 1.29 is 0 Å². The van der Waals surface area contributed by atoms with Crippen LogP contribution in [-0.2, 0) is 12.8 Å². The van der Waals surface area contributed by atoms with Crippen molar-refractivity contribution in [2.75, 3.05) is 31.5 Å². The van der Waals surface area contributed by atoms with Crippen molar-refractivity contribution in [3.8, 4) is 0 Å². The second-order valence-corrected chi connectivity index (χ2v) is 5.90. The summed E-state index contributed by atoms with van der Waals surface area (Å²) in [5, 5.41) is 11.9. The summed E-state index contributed by atoms with van der Waals surface area (Å²) >= 11 is 0. The van der Waals surface area contributed by atoms with E-state index in [0.717, 1.165) is 36.7 Å². The number of hydrogen-bond acceptors (Lipinski definition) is 5. The predicted octanol–water partition coefficient (Wildman–Crippen LogP) is 2.53. The maximum atomic E-state index is 4.60. The highest BCUT2D eigenvalue weighted by Gasteiger charge is 2.18. The maximum Gasteiger partial charge on any atom is 0.242 e. The summed E-state index contributed by atoms with van der Waals surface area (Å²) in [6.07, 6.45) is 5.62. The SMILES string of the molecule is CCCN1CCC(CNc2nnc(CC)c(CC)n2)CC1. The van der Waals surface area contributed by atoms with Crippen LogP contribution in [0.5, 0.6) is 0 Å². The Morgan fingerprint density at radius 2 is 1.76 bits per heavy atom. The van der Waals surface area contributed by atoms with Gasteiger partial charge in [-0.25, -0.2) is 4.98 Å². The molecule has 118 valence electrons. The molecule has 5 nitrogen and oxygen atoms in total. The Kier molecular flexibility index (Phi) is 6.36. The fourth-order valence-electron chi connectivity index (χ4n) is 2.98. The summed E-state index contributed by atoms with van der Waals surface area (Å²) in [6, 6.07) is 0. The van der Waals surface area contributed by atoms with Crippen LogP contribution in [0.4, 0.5) is 5.95 Å². The molecular weight excluding hydrogens is 262 g/mol. The molecule has 0 radical (unpaired) electrons. The Balaban J connectivity index is 1.81. The molecule has 0 saturated carbocycles. The average Bonchev–Trinajstić information content (AvgIpc) is 2.54. The first-order valence-corrected chi connectivity index (χ1v) is 8.45. The van der Waals surface area contributed by atoms with Crippen LogP contribution in [0.1, 0.15) is 51.4 Å². The lowest BCUT2D eigenvalue weighted by Gasteiger charge is -2.31. The standard InChI is InChI=1S/C16H29N5/c1-4-9-21-10-7-13(8-11-21)12-17-16-18-14(5-2)15(6-3)19-20-16/h13H,4-12H2,1-3H3,(H,17,18,20). The van der Waals surface area contributed by atoms with Gasteiger partial charge in [0.25, 0.3) is 0 Å². The molecule has 2 rings (SSSR count). The van der Waals surface area contributed by atoms with Crippen LogP contribution in [0, 0.1) is 5.92 Å². The number of aromatic nitrogens is 3. The summed E-state index contributed by atoms with van der Waals surface area (Å²) < 4.78 is 0. The minimum absolute atomic E-state index is 0.694. The highest BCUT2D eigenvalue weighted by atomic mass is 15.2. The number of nitrogens with zero attached hydrogens (tertiary/aromatic N) is 4. The molecule has 5 heteroatoms. The number of aryl methyl sites for hydroxylation is 2. The molecule has 0 bridgehead atoms. The molecule has 0 amide bonds. The fourth-order valence-corrected chi connectivity index (χ4v) is 2.98. The number of likely N-dealkylation sites (tertiary alicyclic amines) is 1. The number of rotatable bonds is 7. The molecule has 0 spiro atoms. The summed E-state index contributed by atoms with van der Waals surface area (Å²) in [7, 11) is 0. The molecule has 1 aromatic rings. The van der Waals surface area contributed by atoms with Crippen molar-refractivity contribution in [1.29, 1.82) is 0 Å². The van der Waals surface area contributed by atoms with E-state index in [4.69, 9.17) is 0 Å². The van der Waals surface area contributed by atoms with Gasteiger partial charge in [0.1, 0.15) is 0 Å². The third kappa shape index (κ3) is 4.63. The van der Waals surface area contributed by atoms with E-state index in [2.05, 4.69) is 46.2 Å². The van der Waals surface area contributed by atoms with E-state index in [0.29, 0.717) is 5.95 Å². The van der Waals surface area contributed by atoms with E-state index in [9.17, 15) is 0 Å². The maximum absolute atomic E-state index is 4.60. The Hall–Kier alpha value is -1.23. The van der Waals surface area contributed by atoms with Crippen LogP contribution in [0.25, 0.3) is 0 Å². The van der Waals surface area contributed by atoms with Crippen molar-refractivity contribution in [2.24, 2.45) is 5.92 Å². The minimum atomic E-state index is 0.694. The Labute approximate surface area is 128 Å². The summed E-state index contributed by atoms with van der Waals surface area (Å²) in [5.41, 5.74) is 2.10. The molecular formula is C16H29N5. The molecule has 1 aromatic heterocycles. The molecule has 1 saturated heterocycles. The third-order valence-electron chi connectivity index (χ3n) is 4.31. The van der Waals surface area contributed by atoms with E-state index < -0.39 is 0 Å². The first-order valence-electron chi connectivity index (χ1n) is 8.45. The van der Waals surface area contributed by atoms with Crippen LogP contribution in [0.2, 0.25) is 0 Å². The third-order valence-corrected chi connectivity index (χ3v) is 4.31. The zero-order chi connectivity index (χ0) is 15.1. The monoisotopic (exact) mass is 291 g/mol. The van der Waals surface area contributed by atoms with Gasteiger partial charge in [0.15, 0.2) is 0 Å². The number of hydrogen-bond donors (Lipinski definition) is 1. The van der Waals surface area contributed by atoms with Crippen LogP contribution < -0.4 is 5.32 Å². The number of piperidine rings is 1. The van der Waals surface area contributed by atoms with Crippen molar-refractivity contribution in [2.45, 2.75) is 52.9 Å². The van der Waals surface area contributed by atoms with Gasteiger partial charge >= 0.3 is 0 Å². The zero-order valence-electron chi connectivity index (χ0n) is 13.7. The summed E-state index contributed by atoms with van der Waals surface area (Å²) in [4.78, 5) is 7.16. The quantitative estimate of drug-likeness (QED) is 0.836. The first-order chi connectivity index (χ1) is 10.3. The second kappa shape index (κ2) is 8.27. The highest BCUT2D eigenvalue weighted by molar-refractivity contribution is 5.25. The summed E-state index contributed by atoms with van der Waals surface area (Å²) in [6.45, 7) is 11.1. The zero-order valence-corrected chi connectivity index (χ0v) is 13.7. The van der Waals surface area contributed by atoms with Crippen LogP contribution >= 0.6 is 0 Å². The van der Waals surface area contributed by atoms with Gasteiger partial charge in [-0.05, 0) is 57.7 Å². The molecule has 1 aliphatic heterocycles. The van der Waals surface area contributed by atoms with Crippen molar-refractivity contribution in [3.05, 3.63) is 11.4 Å². The van der Waals surface area contributed by atoms with Crippen LogP contribution in [-0.4, -0.2) is 46.3 Å². The van der Waals surface area contributed by atoms with Crippen LogP contribution in [0.15, 0.2) is 0 Å². The molecule has 0 aromatic carbocycles. The van der Waals surface area contributed by atoms with Gasteiger partial charge in [0.2, 0.25) is 5.95 Å². The smallest absolute Gasteiger partial charge is 0.242 e. The Bertz CT molecular complexity index is 427. The van der Waals surface area contributed by atoms with Gasteiger partial charge in [-0.2, -0.15) is 5.10 Å². The van der Waals surface area contributed by atoms with E-state index in [1.165, 1.54) is 38.9 Å². The van der Waals surface area contributed by atoms with E-state index in [1.807, 2.05) is 0 Å². The molecule has 0 atom stereocenters. The largest absolute Gasteiger partial charge is 0.353 e.